The van der Waals surface area contributed by atoms with Gasteiger partial charge in [-0.3, -0.25) is 0 Å². The molecule has 1 fully saturated rings. The first-order valence-electron chi connectivity index (χ1n) is 7.51. The van der Waals surface area contributed by atoms with Gasteiger partial charge >= 0.3 is 0 Å². The first-order chi connectivity index (χ1) is 9.53. The average molecular weight is 275 g/mol. The standard InChI is InChI=1S/C16H25N3O/c1-16(2)12-14(13-6-4-5-7-15(13)20-16)17-19-10-8-18(3)9-11-19/h4-7,14,17H,8-12H2,1-3H3. The summed E-state index contributed by atoms with van der Waals surface area (Å²) in [5.74, 6) is 1.02. The van der Waals surface area contributed by atoms with Gasteiger partial charge in [0, 0.05) is 38.2 Å². The first kappa shape index (κ1) is 13.9. The Morgan fingerprint density at radius 3 is 2.60 bits per heavy atom. The number of hydrazine groups is 1. The van der Waals surface area contributed by atoms with E-state index in [-0.39, 0.29) is 5.60 Å². The van der Waals surface area contributed by atoms with Crippen LogP contribution in [0.25, 0.3) is 0 Å². The molecule has 4 nitrogen and oxygen atoms in total. The lowest BCUT2D eigenvalue weighted by molar-refractivity contribution is 0.0274. The monoisotopic (exact) mass is 275 g/mol. The van der Waals surface area contributed by atoms with E-state index in [9.17, 15) is 0 Å². The number of piperazine rings is 1. The summed E-state index contributed by atoms with van der Waals surface area (Å²) in [5.41, 5.74) is 4.89. The van der Waals surface area contributed by atoms with E-state index in [2.05, 4.69) is 54.4 Å². The van der Waals surface area contributed by atoms with Gasteiger partial charge in [-0.25, -0.2) is 10.4 Å². The van der Waals surface area contributed by atoms with E-state index in [1.165, 1.54) is 5.56 Å². The Morgan fingerprint density at radius 1 is 1.15 bits per heavy atom. The second kappa shape index (κ2) is 5.35. The molecule has 20 heavy (non-hydrogen) atoms. The van der Waals surface area contributed by atoms with E-state index >= 15 is 0 Å². The molecule has 0 spiro atoms. The largest absolute Gasteiger partial charge is 0.487 e. The number of likely N-dealkylation sites (N-methyl/N-ethyl adjacent to an activating group) is 1. The fourth-order valence-electron chi connectivity index (χ4n) is 3.07. The predicted octanol–water partition coefficient (Wildman–Crippen LogP) is 2.04. The third kappa shape index (κ3) is 2.97. The number of para-hydroxylation sites is 1. The summed E-state index contributed by atoms with van der Waals surface area (Å²) in [6.45, 7) is 8.75. The lowest BCUT2D eigenvalue weighted by Crippen LogP contribution is -2.53. The van der Waals surface area contributed by atoms with Gasteiger partial charge in [-0.05, 0) is 27.0 Å². The van der Waals surface area contributed by atoms with Crippen molar-refractivity contribution >= 4 is 0 Å². The van der Waals surface area contributed by atoms with Crippen LogP contribution in [0.5, 0.6) is 5.75 Å². The Morgan fingerprint density at radius 2 is 1.85 bits per heavy atom. The molecule has 1 aromatic carbocycles. The van der Waals surface area contributed by atoms with Crippen molar-refractivity contribution in [2.75, 3.05) is 33.2 Å². The summed E-state index contributed by atoms with van der Waals surface area (Å²) in [6, 6.07) is 8.75. The van der Waals surface area contributed by atoms with Crippen LogP contribution in [0.3, 0.4) is 0 Å². The van der Waals surface area contributed by atoms with Crippen molar-refractivity contribution in [2.24, 2.45) is 0 Å². The molecule has 1 unspecified atom stereocenters. The molecule has 0 radical (unpaired) electrons. The van der Waals surface area contributed by atoms with Gasteiger partial charge < -0.3 is 9.64 Å². The molecule has 1 saturated heterocycles. The van der Waals surface area contributed by atoms with Gasteiger partial charge in [0.05, 0.1) is 6.04 Å². The van der Waals surface area contributed by atoms with Crippen molar-refractivity contribution < 1.29 is 4.74 Å². The average Bonchev–Trinajstić information content (AvgIpc) is 2.40. The van der Waals surface area contributed by atoms with E-state index in [1.54, 1.807) is 0 Å². The number of nitrogens with one attached hydrogen (secondary N) is 1. The number of ether oxygens (including phenoxy) is 1. The van der Waals surface area contributed by atoms with Crippen LogP contribution in [-0.4, -0.2) is 48.7 Å². The minimum atomic E-state index is -0.113. The summed E-state index contributed by atoms with van der Waals surface area (Å²) in [4.78, 5) is 2.38. The smallest absolute Gasteiger partial charge is 0.124 e. The van der Waals surface area contributed by atoms with Gasteiger partial charge in [0.25, 0.3) is 0 Å². The van der Waals surface area contributed by atoms with Crippen LogP contribution in [0.1, 0.15) is 31.9 Å². The highest BCUT2D eigenvalue weighted by atomic mass is 16.5. The van der Waals surface area contributed by atoms with Gasteiger partial charge in [-0.2, -0.15) is 0 Å². The van der Waals surface area contributed by atoms with Gasteiger partial charge in [0.2, 0.25) is 0 Å². The number of benzene rings is 1. The number of hydrogen-bond acceptors (Lipinski definition) is 4. The summed E-state index contributed by atoms with van der Waals surface area (Å²) in [7, 11) is 2.18. The number of nitrogens with zero attached hydrogens (tertiary/aromatic N) is 2. The molecule has 2 aliphatic heterocycles. The Labute approximate surface area is 121 Å². The molecule has 0 saturated carbocycles. The fraction of sp³-hybridized carbons (Fsp3) is 0.625. The fourth-order valence-corrected chi connectivity index (χ4v) is 3.07. The number of fused-ring (bicyclic) bond motifs is 1. The minimum Gasteiger partial charge on any atom is -0.487 e. The van der Waals surface area contributed by atoms with Crippen LogP contribution < -0.4 is 10.2 Å². The molecule has 1 atom stereocenters. The highest BCUT2D eigenvalue weighted by Gasteiger charge is 2.34. The summed E-state index contributed by atoms with van der Waals surface area (Å²) in [6.07, 6.45) is 0.996. The SMILES string of the molecule is CN1CCN(NC2CC(C)(C)Oc3ccccc32)CC1. The molecule has 0 bridgehead atoms. The third-order valence-electron chi connectivity index (χ3n) is 4.22. The Kier molecular flexibility index (Phi) is 3.71. The molecule has 110 valence electrons. The van der Waals surface area contributed by atoms with Crippen LogP contribution in [0.4, 0.5) is 0 Å². The zero-order valence-corrected chi connectivity index (χ0v) is 12.7. The molecule has 0 amide bonds. The van der Waals surface area contributed by atoms with Crippen LogP contribution in [-0.2, 0) is 0 Å². The van der Waals surface area contributed by atoms with Crippen LogP contribution in [0, 0.1) is 0 Å². The Balaban J connectivity index is 1.75. The van der Waals surface area contributed by atoms with Gasteiger partial charge in [0.1, 0.15) is 11.4 Å². The Hall–Kier alpha value is -1.10. The van der Waals surface area contributed by atoms with Crippen molar-refractivity contribution in [3.63, 3.8) is 0 Å². The van der Waals surface area contributed by atoms with E-state index in [0.29, 0.717) is 6.04 Å². The van der Waals surface area contributed by atoms with Crippen LogP contribution in [0.2, 0.25) is 0 Å². The molecular formula is C16H25N3O. The number of rotatable bonds is 2. The topological polar surface area (TPSA) is 27.7 Å². The van der Waals surface area contributed by atoms with Crippen molar-refractivity contribution in [1.29, 1.82) is 0 Å². The molecular weight excluding hydrogens is 250 g/mol. The van der Waals surface area contributed by atoms with Crippen LogP contribution in [0.15, 0.2) is 24.3 Å². The van der Waals surface area contributed by atoms with E-state index in [0.717, 1.165) is 38.3 Å². The molecule has 3 rings (SSSR count). The molecule has 0 aromatic heterocycles. The zero-order valence-electron chi connectivity index (χ0n) is 12.7. The third-order valence-corrected chi connectivity index (χ3v) is 4.22. The number of hydrogen-bond donors (Lipinski definition) is 1. The Bertz CT molecular complexity index is 467. The summed E-state index contributed by atoms with van der Waals surface area (Å²) in [5, 5.41) is 2.36. The summed E-state index contributed by atoms with van der Waals surface area (Å²) < 4.78 is 6.09. The maximum Gasteiger partial charge on any atom is 0.124 e. The lowest BCUT2D eigenvalue weighted by Gasteiger charge is -2.41. The molecule has 0 aliphatic carbocycles. The van der Waals surface area contributed by atoms with Gasteiger partial charge in [-0.1, -0.05) is 18.2 Å². The van der Waals surface area contributed by atoms with Crippen molar-refractivity contribution in [2.45, 2.75) is 31.9 Å². The maximum absolute atomic E-state index is 6.09. The zero-order chi connectivity index (χ0) is 14.2. The lowest BCUT2D eigenvalue weighted by atomic mass is 9.90. The van der Waals surface area contributed by atoms with E-state index in [1.807, 2.05) is 6.07 Å². The predicted molar refractivity (Wildman–Crippen MR) is 80.7 cm³/mol. The molecule has 2 heterocycles. The van der Waals surface area contributed by atoms with Gasteiger partial charge in [0.15, 0.2) is 0 Å². The first-order valence-corrected chi connectivity index (χ1v) is 7.51. The van der Waals surface area contributed by atoms with E-state index < -0.39 is 0 Å². The van der Waals surface area contributed by atoms with Crippen LogP contribution >= 0.6 is 0 Å². The van der Waals surface area contributed by atoms with Crippen molar-refractivity contribution in [3.05, 3.63) is 29.8 Å². The molecule has 1 aromatic rings. The summed E-state index contributed by atoms with van der Waals surface area (Å²) >= 11 is 0. The molecule has 2 aliphatic rings. The van der Waals surface area contributed by atoms with Crippen molar-refractivity contribution in [1.82, 2.24) is 15.3 Å². The normalized spacial score (nSPS) is 26.9. The van der Waals surface area contributed by atoms with E-state index in [4.69, 9.17) is 4.74 Å². The van der Waals surface area contributed by atoms with Crippen molar-refractivity contribution in [3.8, 4) is 5.75 Å². The maximum atomic E-state index is 6.09. The second-order valence-electron chi connectivity index (χ2n) is 6.58. The second-order valence-corrected chi connectivity index (χ2v) is 6.58. The molecule has 1 N–H and O–H groups in total. The van der Waals surface area contributed by atoms with Gasteiger partial charge in [-0.15, -0.1) is 0 Å². The quantitative estimate of drug-likeness (QED) is 0.894. The highest BCUT2D eigenvalue weighted by molar-refractivity contribution is 5.38. The molecule has 4 heteroatoms. The highest BCUT2D eigenvalue weighted by Crippen LogP contribution is 2.39. The minimum absolute atomic E-state index is 0.113.